The van der Waals surface area contributed by atoms with Gasteiger partial charge in [-0.05, 0) is 32.9 Å². The number of hydrogen-bond acceptors (Lipinski definition) is 9. The van der Waals surface area contributed by atoms with E-state index in [9.17, 15) is 4.79 Å². The molecule has 4 aromatic heterocycles. The Bertz CT molecular complexity index is 1220. The second-order valence-corrected chi connectivity index (χ2v) is 9.57. The summed E-state index contributed by atoms with van der Waals surface area (Å²) in [7, 11) is 0. The zero-order valence-electron chi connectivity index (χ0n) is 17.2. The van der Waals surface area contributed by atoms with Crippen molar-refractivity contribution in [1.82, 2.24) is 25.6 Å². The summed E-state index contributed by atoms with van der Waals surface area (Å²) in [5.41, 5.74) is 0.350. The quantitative estimate of drug-likeness (QED) is 0.255. The standard InChI is InChI=1S/C13H16ClN3O3S.C6H2Cl2N2O/c1-13(2,3)19-12(18)15-4-5-21-11-9-6-8(14)7-16-10(9)20-17-11;7-3-1-4-5(8)10-11-6(4)9-2-3/h6-7H,4-5H2,1-3H3,(H,15,18);1-2H. The fraction of sp³-hybridized carbons (Fsp3) is 0.316. The van der Waals surface area contributed by atoms with Crippen molar-refractivity contribution in [3.8, 4) is 0 Å². The molecule has 0 unspecified atom stereocenters. The van der Waals surface area contributed by atoms with Crippen LogP contribution in [0, 0.1) is 0 Å². The van der Waals surface area contributed by atoms with Gasteiger partial charge >= 0.3 is 6.09 Å². The van der Waals surface area contributed by atoms with Crippen LogP contribution in [0.1, 0.15) is 20.8 Å². The lowest BCUT2D eigenvalue weighted by molar-refractivity contribution is 0.0531. The van der Waals surface area contributed by atoms with E-state index in [2.05, 4.69) is 25.6 Å². The van der Waals surface area contributed by atoms with Crippen molar-refractivity contribution in [3.63, 3.8) is 0 Å². The molecule has 13 heteroatoms. The minimum atomic E-state index is -0.498. The van der Waals surface area contributed by atoms with Crippen LogP contribution in [-0.2, 0) is 4.74 Å². The monoisotopic (exact) mass is 517 g/mol. The molecule has 0 aliphatic rings. The molecule has 1 amide bonds. The van der Waals surface area contributed by atoms with Gasteiger partial charge in [-0.2, -0.15) is 0 Å². The van der Waals surface area contributed by atoms with E-state index < -0.39 is 11.7 Å². The summed E-state index contributed by atoms with van der Waals surface area (Å²) in [5, 5.41) is 13.6. The van der Waals surface area contributed by atoms with Gasteiger partial charge in [-0.1, -0.05) is 45.1 Å². The Morgan fingerprint density at radius 3 is 2.28 bits per heavy atom. The fourth-order valence-electron chi connectivity index (χ4n) is 2.29. The van der Waals surface area contributed by atoms with E-state index in [0.29, 0.717) is 44.2 Å². The summed E-state index contributed by atoms with van der Waals surface area (Å²) in [6.45, 7) is 5.92. The summed E-state index contributed by atoms with van der Waals surface area (Å²) < 4.78 is 15.0. The van der Waals surface area contributed by atoms with Gasteiger partial charge in [-0.25, -0.2) is 14.8 Å². The van der Waals surface area contributed by atoms with Crippen LogP contribution >= 0.6 is 46.6 Å². The van der Waals surface area contributed by atoms with E-state index in [1.54, 1.807) is 12.1 Å². The number of nitrogens with one attached hydrogen (secondary N) is 1. The molecule has 0 aliphatic heterocycles. The Labute approximate surface area is 202 Å². The molecule has 170 valence electrons. The van der Waals surface area contributed by atoms with Crippen LogP contribution < -0.4 is 5.32 Å². The second kappa shape index (κ2) is 10.6. The van der Waals surface area contributed by atoms with Gasteiger partial charge in [0.25, 0.3) is 11.4 Å². The first-order chi connectivity index (χ1) is 15.1. The van der Waals surface area contributed by atoms with E-state index in [-0.39, 0.29) is 5.15 Å². The van der Waals surface area contributed by atoms with Gasteiger partial charge in [0.05, 0.1) is 20.8 Å². The Morgan fingerprint density at radius 2 is 1.62 bits per heavy atom. The molecule has 32 heavy (non-hydrogen) atoms. The third kappa shape index (κ3) is 6.86. The third-order valence-electron chi connectivity index (χ3n) is 3.52. The number of carbonyl (C=O) groups is 1. The molecule has 0 saturated carbocycles. The normalized spacial score (nSPS) is 11.3. The topological polar surface area (TPSA) is 116 Å². The van der Waals surface area contributed by atoms with E-state index >= 15 is 0 Å². The van der Waals surface area contributed by atoms with Crippen molar-refractivity contribution in [2.75, 3.05) is 12.3 Å². The van der Waals surface area contributed by atoms with Crippen LogP contribution in [-0.4, -0.2) is 44.3 Å². The second-order valence-electron chi connectivity index (χ2n) is 7.25. The summed E-state index contributed by atoms with van der Waals surface area (Å²) >= 11 is 18.6. The van der Waals surface area contributed by atoms with Crippen LogP contribution in [0.25, 0.3) is 22.2 Å². The zero-order valence-corrected chi connectivity index (χ0v) is 20.3. The SMILES string of the molecule is CC(C)(C)OC(=O)NCCSc1noc2ncc(Cl)cc12.Clc1cnc2onc(Cl)c2c1. The maximum Gasteiger partial charge on any atom is 0.407 e. The third-order valence-corrected chi connectivity index (χ3v) is 5.19. The van der Waals surface area contributed by atoms with Gasteiger partial charge in [-0.3, -0.25) is 0 Å². The molecule has 0 saturated heterocycles. The number of carbonyl (C=O) groups excluding carboxylic acids is 1. The van der Waals surface area contributed by atoms with Gasteiger partial charge < -0.3 is 19.1 Å². The number of nitrogens with zero attached hydrogens (tertiary/aromatic N) is 4. The molecular weight excluding hydrogens is 501 g/mol. The van der Waals surface area contributed by atoms with Crippen LogP contribution in [0.5, 0.6) is 0 Å². The number of thioether (sulfide) groups is 1. The van der Waals surface area contributed by atoms with Crippen molar-refractivity contribution >= 4 is 74.9 Å². The highest BCUT2D eigenvalue weighted by Gasteiger charge is 2.16. The van der Waals surface area contributed by atoms with Gasteiger partial charge in [0.1, 0.15) is 10.6 Å². The lowest BCUT2D eigenvalue weighted by atomic mass is 10.2. The van der Waals surface area contributed by atoms with Crippen molar-refractivity contribution in [1.29, 1.82) is 0 Å². The van der Waals surface area contributed by atoms with Crippen molar-refractivity contribution in [2.24, 2.45) is 0 Å². The van der Waals surface area contributed by atoms with Crippen LogP contribution in [0.15, 0.2) is 38.6 Å². The number of pyridine rings is 2. The zero-order chi connectivity index (χ0) is 23.3. The molecule has 0 radical (unpaired) electrons. The number of ether oxygens (including phenoxy) is 1. The number of hydrogen-bond donors (Lipinski definition) is 1. The maximum absolute atomic E-state index is 11.5. The number of alkyl carbamates (subject to hydrolysis) is 1. The molecule has 0 spiro atoms. The maximum atomic E-state index is 11.5. The molecule has 9 nitrogen and oxygen atoms in total. The van der Waals surface area contributed by atoms with E-state index in [1.807, 2.05) is 20.8 Å². The Hall–Kier alpha value is -2.27. The number of halogens is 3. The summed E-state index contributed by atoms with van der Waals surface area (Å²) in [4.78, 5) is 19.4. The highest BCUT2D eigenvalue weighted by Crippen LogP contribution is 2.27. The average molecular weight is 519 g/mol. The van der Waals surface area contributed by atoms with E-state index in [0.717, 1.165) is 5.39 Å². The number of fused-ring (bicyclic) bond motifs is 2. The first-order valence-electron chi connectivity index (χ1n) is 9.19. The largest absolute Gasteiger partial charge is 0.444 e. The molecule has 0 aliphatic carbocycles. The highest BCUT2D eigenvalue weighted by atomic mass is 35.5. The molecule has 0 atom stereocenters. The number of amides is 1. The molecular formula is C19H18Cl3N5O4S. The fourth-order valence-corrected chi connectivity index (χ4v) is 3.56. The smallest absolute Gasteiger partial charge is 0.407 e. The minimum absolute atomic E-state index is 0.287. The van der Waals surface area contributed by atoms with Crippen LogP contribution in [0.3, 0.4) is 0 Å². The van der Waals surface area contributed by atoms with Gasteiger partial charge in [0.2, 0.25) is 0 Å². The molecule has 4 heterocycles. The van der Waals surface area contributed by atoms with Gasteiger partial charge in [-0.15, -0.1) is 11.8 Å². The summed E-state index contributed by atoms with van der Waals surface area (Å²) in [5.74, 6) is 0.632. The first-order valence-corrected chi connectivity index (χ1v) is 11.3. The summed E-state index contributed by atoms with van der Waals surface area (Å²) in [6.07, 6.45) is 2.55. The predicted octanol–water partition coefficient (Wildman–Crippen LogP) is 6.02. The van der Waals surface area contributed by atoms with Gasteiger partial charge in [0, 0.05) is 24.7 Å². The van der Waals surface area contributed by atoms with Crippen LogP contribution in [0.2, 0.25) is 15.2 Å². The van der Waals surface area contributed by atoms with Crippen molar-refractivity contribution in [3.05, 3.63) is 39.7 Å². The van der Waals surface area contributed by atoms with E-state index in [1.165, 1.54) is 24.2 Å². The van der Waals surface area contributed by atoms with Crippen molar-refractivity contribution in [2.45, 2.75) is 31.4 Å². The first kappa shape index (κ1) is 24.4. The molecule has 4 aromatic rings. The average Bonchev–Trinajstić information content (AvgIpc) is 3.28. The lowest BCUT2D eigenvalue weighted by Crippen LogP contribution is -2.33. The predicted molar refractivity (Wildman–Crippen MR) is 124 cm³/mol. The highest BCUT2D eigenvalue weighted by molar-refractivity contribution is 7.99. The molecule has 0 fully saturated rings. The van der Waals surface area contributed by atoms with E-state index in [4.69, 9.17) is 48.6 Å². The molecule has 0 bridgehead atoms. The summed E-state index contributed by atoms with van der Waals surface area (Å²) in [6, 6.07) is 3.41. The molecule has 0 aromatic carbocycles. The number of rotatable bonds is 4. The lowest BCUT2D eigenvalue weighted by Gasteiger charge is -2.19. The number of aromatic nitrogens is 4. The molecule has 4 rings (SSSR count). The Kier molecular flexibility index (Phi) is 8.05. The van der Waals surface area contributed by atoms with Crippen molar-refractivity contribution < 1.29 is 18.6 Å². The Balaban J connectivity index is 0.000000219. The van der Waals surface area contributed by atoms with Crippen LogP contribution in [0.4, 0.5) is 4.79 Å². The molecule has 1 N–H and O–H groups in total. The minimum Gasteiger partial charge on any atom is -0.444 e. The van der Waals surface area contributed by atoms with Gasteiger partial charge in [0.15, 0.2) is 5.15 Å². The Morgan fingerprint density at radius 1 is 1.03 bits per heavy atom.